The van der Waals surface area contributed by atoms with Gasteiger partial charge in [-0.3, -0.25) is 4.79 Å². The van der Waals surface area contributed by atoms with Crippen molar-refractivity contribution in [2.24, 2.45) is 0 Å². The van der Waals surface area contributed by atoms with Gasteiger partial charge in [0.1, 0.15) is 0 Å². The summed E-state index contributed by atoms with van der Waals surface area (Å²) < 4.78 is 10.4. The minimum atomic E-state index is -0.127. The zero-order chi connectivity index (χ0) is 18.5. The maximum Gasteiger partial charge on any atom is 0.251 e. The van der Waals surface area contributed by atoms with E-state index in [0.717, 1.165) is 22.0 Å². The number of nitrogens with zero attached hydrogens (tertiary/aromatic N) is 1. The molecule has 26 heavy (non-hydrogen) atoms. The summed E-state index contributed by atoms with van der Waals surface area (Å²) in [6, 6.07) is 9.32. The number of thiazole rings is 1. The highest BCUT2D eigenvalue weighted by molar-refractivity contribution is 7.16. The number of carbonyl (C=O) groups excluding carboxylic acids is 1. The Hall–Kier alpha value is -2.38. The van der Waals surface area contributed by atoms with Gasteiger partial charge in [0.2, 0.25) is 0 Å². The molecule has 3 aromatic rings. The Labute approximate surface area is 160 Å². The summed E-state index contributed by atoms with van der Waals surface area (Å²) in [7, 11) is 3.12. The van der Waals surface area contributed by atoms with E-state index >= 15 is 0 Å². The summed E-state index contributed by atoms with van der Waals surface area (Å²) in [6.07, 6.45) is 0.785. The number of amides is 1. The highest BCUT2D eigenvalue weighted by atomic mass is 32.1. The molecule has 0 aliphatic carbocycles. The predicted octanol–water partition coefficient (Wildman–Crippen LogP) is 4.17. The van der Waals surface area contributed by atoms with E-state index in [1.165, 1.54) is 4.88 Å². The smallest absolute Gasteiger partial charge is 0.251 e. The number of methoxy groups -OCH3 is 2. The van der Waals surface area contributed by atoms with E-state index in [9.17, 15) is 4.79 Å². The quantitative estimate of drug-likeness (QED) is 0.660. The fraction of sp³-hybridized carbons (Fsp3) is 0.263. The molecule has 5 nitrogen and oxygen atoms in total. The van der Waals surface area contributed by atoms with Gasteiger partial charge in [-0.25, -0.2) is 4.98 Å². The number of thiophene rings is 1. The van der Waals surface area contributed by atoms with Gasteiger partial charge in [-0.15, -0.1) is 22.7 Å². The highest BCUT2D eigenvalue weighted by Crippen LogP contribution is 2.29. The summed E-state index contributed by atoms with van der Waals surface area (Å²) in [5.74, 6) is 1.02. The standard InChI is InChI=1S/C19H20N2O3S2/c1-12-21-15(11-25-12)18-7-5-14(26-18)8-9-20-19(22)13-4-6-16(23-2)17(10-13)24-3/h4-7,10-11H,8-9H2,1-3H3,(H,20,22). The fourth-order valence-electron chi connectivity index (χ4n) is 2.51. The van der Waals surface area contributed by atoms with Crippen molar-refractivity contribution >= 4 is 28.6 Å². The van der Waals surface area contributed by atoms with E-state index in [2.05, 4.69) is 27.8 Å². The Morgan fingerprint density at radius 1 is 1.15 bits per heavy atom. The van der Waals surface area contributed by atoms with Gasteiger partial charge in [0, 0.05) is 22.4 Å². The lowest BCUT2D eigenvalue weighted by atomic mass is 10.2. The minimum Gasteiger partial charge on any atom is -0.493 e. The van der Waals surface area contributed by atoms with Gasteiger partial charge < -0.3 is 14.8 Å². The van der Waals surface area contributed by atoms with Crippen LogP contribution in [0.4, 0.5) is 0 Å². The SMILES string of the molecule is COc1ccc(C(=O)NCCc2ccc(-c3csc(C)n3)s2)cc1OC. The van der Waals surface area contributed by atoms with Gasteiger partial charge in [0.05, 0.1) is 29.8 Å². The van der Waals surface area contributed by atoms with Crippen LogP contribution >= 0.6 is 22.7 Å². The molecule has 7 heteroatoms. The topological polar surface area (TPSA) is 60.5 Å². The van der Waals surface area contributed by atoms with E-state index in [0.29, 0.717) is 23.6 Å². The van der Waals surface area contributed by atoms with Gasteiger partial charge in [0.15, 0.2) is 11.5 Å². The van der Waals surface area contributed by atoms with Crippen LogP contribution < -0.4 is 14.8 Å². The molecule has 0 atom stereocenters. The molecule has 0 spiro atoms. The van der Waals surface area contributed by atoms with Crippen LogP contribution in [0.5, 0.6) is 11.5 Å². The molecule has 3 rings (SSSR count). The Balaban J connectivity index is 1.56. The van der Waals surface area contributed by atoms with Crippen molar-refractivity contribution in [2.75, 3.05) is 20.8 Å². The van der Waals surface area contributed by atoms with Crippen LogP contribution in [-0.2, 0) is 6.42 Å². The number of aromatic nitrogens is 1. The van der Waals surface area contributed by atoms with Crippen LogP contribution in [0.3, 0.4) is 0 Å². The minimum absolute atomic E-state index is 0.127. The lowest BCUT2D eigenvalue weighted by Gasteiger charge is -2.09. The zero-order valence-electron chi connectivity index (χ0n) is 14.9. The van der Waals surface area contributed by atoms with E-state index in [1.807, 2.05) is 6.92 Å². The molecule has 0 unspecified atom stereocenters. The molecule has 136 valence electrons. The first-order valence-corrected chi connectivity index (χ1v) is 9.81. The van der Waals surface area contributed by atoms with Crippen LogP contribution in [0.15, 0.2) is 35.7 Å². The van der Waals surface area contributed by atoms with Crippen molar-refractivity contribution in [3.8, 4) is 22.1 Å². The van der Waals surface area contributed by atoms with Gasteiger partial charge in [0.25, 0.3) is 5.91 Å². The van der Waals surface area contributed by atoms with Gasteiger partial charge in [-0.1, -0.05) is 0 Å². The molecule has 0 saturated heterocycles. The van der Waals surface area contributed by atoms with Crippen LogP contribution in [0.2, 0.25) is 0 Å². The summed E-state index contributed by atoms with van der Waals surface area (Å²) in [5.41, 5.74) is 1.57. The van der Waals surface area contributed by atoms with Crippen molar-refractivity contribution in [3.05, 3.63) is 51.2 Å². The van der Waals surface area contributed by atoms with E-state index in [4.69, 9.17) is 9.47 Å². The average molecular weight is 389 g/mol. The summed E-state index contributed by atoms with van der Waals surface area (Å²) >= 11 is 3.37. The normalized spacial score (nSPS) is 10.6. The van der Waals surface area contributed by atoms with Gasteiger partial charge in [-0.2, -0.15) is 0 Å². The maximum absolute atomic E-state index is 12.3. The van der Waals surface area contributed by atoms with E-state index in [-0.39, 0.29) is 5.91 Å². The Morgan fingerprint density at radius 2 is 1.96 bits per heavy atom. The maximum atomic E-state index is 12.3. The third-order valence-electron chi connectivity index (χ3n) is 3.84. The molecule has 2 heterocycles. The second kappa shape index (κ2) is 8.33. The average Bonchev–Trinajstić information content (AvgIpc) is 3.29. The number of nitrogens with one attached hydrogen (secondary N) is 1. The Kier molecular flexibility index (Phi) is 5.90. The van der Waals surface area contributed by atoms with Crippen molar-refractivity contribution in [3.63, 3.8) is 0 Å². The van der Waals surface area contributed by atoms with E-state index in [1.54, 1.807) is 55.1 Å². The number of carbonyl (C=O) groups is 1. The van der Waals surface area contributed by atoms with Crippen molar-refractivity contribution in [2.45, 2.75) is 13.3 Å². The molecule has 1 N–H and O–H groups in total. The molecular formula is C19H20N2O3S2. The lowest BCUT2D eigenvalue weighted by Crippen LogP contribution is -2.25. The molecule has 0 aliphatic rings. The van der Waals surface area contributed by atoms with Crippen molar-refractivity contribution in [1.82, 2.24) is 10.3 Å². The number of rotatable bonds is 7. The molecule has 0 fully saturated rings. The molecule has 1 amide bonds. The fourth-order valence-corrected chi connectivity index (χ4v) is 4.16. The summed E-state index contributed by atoms with van der Waals surface area (Å²) in [4.78, 5) is 19.2. The lowest BCUT2D eigenvalue weighted by molar-refractivity contribution is 0.0954. The van der Waals surface area contributed by atoms with Crippen LogP contribution in [0.25, 0.3) is 10.6 Å². The van der Waals surface area contributed by atoms with Gasteiger partial charge in [-0.05, 0) is 43.7 Å². The zero-order valence-corrected chi connectivity index (χ0v) is 16.5. The third-order valence-corrected chi connectivity index (χ3v) is 5.78. The first-order chi connectivity index (χ1) is 12.6. The summed E-state index contributed by atoms with van der Waals surface area (Å²) in [5, 5.41) is 6.09. The molecule has 2 aromatic heterocycles. The third kappa shape index (κ3) is 4.23. The van der Waals surface area contributed by atoms with Crippen LogP contribution in [0.1, 0.15) is 20.2 Å². The number of hydrogen-bond donors (Lipinski definition) is 1. The predicted molar refractivity (Wildman–Crippen MR) is 106 cm³/mol. The number of aryl methyl sites for hydroxylation is 1. The first-order valence-electron chi connectivity index (χ1n) is 8.12. The van der Waals surface area contributed by atoms with Crippen LogP contribution in [-0.4, -0.2) is 31.7 Å². The molecule has 0 bridgehead atoms. The second-order valence-electron chi connectivity index (χ2n) is 5.59. The van der Waals surface area contributed by atoms with Crippen molar-refractivity contribution < 1.29 is 14.3 Å². The molecule has 0 radical (unpaired) electrons. The molecule has 0 aliphatic heterocycles. The number of benzene rings is 1. The number of ether oxygens (including phenoxy) is 2. The molecule has 1 aromatic carbocycles. The van der Waals surface area contributed by atoms with E-state index < -0.39 is 0 Å². The largest absolute Gasteiger partial charge is 0.493 e. The highest BCUT2D eigenvalue weighted by Gasteiger charge is 2.11. The van der Waals surface area contributed by atoms with Crippen LogP contribution in [0, 0.1) is 6.92 Å². The molecule has 0 saturated carbocycles. The van der Waals surface area contributed by atoms with Gasteiger partial charge >= 0.3 is 0 Å². The van der Waals surface area contributed by atoms with Crippen molar-refractivity contribution in [1.29, 1.82) is 0 Å². The monoisotopic (exact) mass is 388 g/mol. The first kappa shape index (κ1) is 18.4. The Morgan fingerprint density at radius 3 is 2.65 bits per heavy atom. The molecular weight excluding hydrogens is 368 g/mol. The summed E-state index contributed by atoms with van der Waals surface area (Å²) in [6.45, 7) is 2.58. The number of hydrogen-bond acceptors (Lipinski definition) is 6. The second-order valence-corrected chi connectivity index (χ2v) is 7.82. The Bertz CT molecular complexity index is 902.